The SMILES string of the molecule is O=C(c1ccc(I)cc1)N1CCc2cc(-c3ccncc3)ccc21. The molecule has 0 N–H and O–H groups in total. The summed E-state index contributed by atoms with van der Waals surface area (Å²) in [5, 5.41) is 0. The van der Waals surface area contributed by atoms with E-state index in [-0.39, 0.29) is 5.91 Å². The van der Waals surface area contributed by atoms with Gasteiger partial charge < -0.3 is 4.90 Å². The van der Waals surface area contributed by atoms with Gasteiger partial charge >= 0.3 is 0 Å². The van der Waals surface area contributed by atoms with E-state index in [1.807, 2.05) is 41.3 Å². The van der Waals surface area contributed by atoms with Crippen LogP contribution in [-0.4, -0.2) is 17.4 Å². The maximum absolute atomic E-state index is 12.8. The molecule has 0 atom stereocenters. The number of benzene rings is 2. The molecule has 0 saturated carbocycles. The molecule has 118 valence electrons. The van der Waals surface area contributed by atoms with Crippen molar-refractivity contribution in [1.29, 1.82) is 0 Å². The third kappa shape index (κ3) is 2.82. The minimum atomic E-state index is 0.0711. The molecule has 4 heteroatoms. The van der Waals surface area contributed by atoms with Crippen molar-refractivity contribution in [3.05, 3.63) is 81.7 Å². The highest BCUT2D eigenvalue weighted by Gasteiger charge is 2.25. The molecule has 3 nitrogen and oxygen atoms in total. The van der Waals surface area contributed by atoms with Crippen LogP contribution in [-0.2, 0) is 6.42 Å². The molecule has 3 aromatic rings. The zero-order chi connectivity index (χ0) is 16.5. The van der Waals surface area contributed by atoms with E-state index in [1.54, 1.807) is 12.4 Å². The van der Waals surface area contributed by atoms with E-state index in [2.05, 4.69) is 45.8 Å². The smallest absolute Gasteiger partial charge is 0.258 e. The molecule has 0 bridgehead atoms. The van der Waals surface area contributed by atoms with Gasteiger partial charge in [0, 0.05) is 33.8 Å². The van der Waals surface area contributed by atoms with Crippen LogP contribution >= 0.6 is 22.6 Å². The second kappa shape index (κ2) is 6.36. The number of hydrogen-bond donors (Lipinski definition) is 0. The third-order valence-electron chi connectivity index (χ3n) is 4.33. The molecule has 1 aromatic heterocycles. The van der Waals surface area contributed by atoms with Crippen LogP contribution in [0, 0.1) is 3.57 Å². The molecular formula is C20H15IN2O. The summed E-state index contributed by atoms with van der Waals surface area (Å²) in [5.41, 5.74) is 5.30. The second-order valence-corrected chi connectivity index (χ2v) is 7.04. The number of amides is 1. The number of fused-ring (bicyclic) bond motifs is 1. The molecule has 1 aliphatic rings. The number of carbonyl (C=O) groups excluding carboxylic acids is 1. The summed E-state index contributed by atoms with van der Waals surface area (Å²) >= 11 is 2.25. The number of rotatable bonds is 2. The lowest BCUT2D eigenvalue weighted by Crippen LogP contribution is -2.28. The number of carbonyl (C=O) groups is 1. The highest BCUT2D eigenvalue weighted by Crippen LogP contribution is 2.33. The normalized spacial score (nSPS) is 13.0. The fourth-order valence-electron chi connectivity index (χ4n) is 3.08. The Kier molecular flexibility index (Phi) is 4.06. The van der Waals surface area contributed by atoms with Crippen molar-refractivity contribution in [2.24, 2.45) is 0 Å². The predicted octanol–water partition coefficient (Wildman–Crippen LogP) is 4.56. The van der Waals surface area contributed by atoms with Gasteiger partial charge in [-0.15, -0.1) is 0 Å². The zero-order valence-electron chi connectivity index (χ0n) is 12.9. The Morgan fingerprint density at radius 3 is 2.46 bits per heavy atom. The minimum Gasteiger partial charge on any atom is -0.308 e. The molecule has 0 unspecified atom stereocenters. The van der Waals surface area contributed by atoms with Crippen molar-refractivity contribution in [1.82, 2.24) is 4.98 Å². The molecule has 0 radical (unpaired) electrons. The summed E-state index contributed by atoms with van der Waals surface area (Å²) < 4.78 is 1.13. The fraction of sp³-hybridized carbons (Fsp3) is 0.100. The summed E-state index contributed by atoms with van der Waals surface area (Å²) in [5.74, 6) is 0.0711. The Morgan fingerprint density at radius 2 is 1.71 bits per heavy atom. The number of pyridine rings is 1. The Balaban J connectivity index is 1.65. The number of aromatic nitrogens is 1. The quantitative estimate of drug-likeness (QED) is 0.564. The van der Waals surface area contributed by atoms with Gasteiger partial charge in [0.2, 0.25) is 0 Å². The molecule has 1 amide bonds. The molecule has 2 heterocycles. The number of halogens is 1. The lowest BCUT2D eigenvalue weighted by molar-refractivity contribution is 0.0989. The van der Waals surface area contributed by atoms with Crippen molar-refractivity contribution in [3.63, 3.8) is 0 Å². The van der Waals surface area contributed by atoms with E-state index in [9.17, 15) is 4.79 Å². The number of nitrogens with zero attached hydrogens (tertiary/aromatic N) is 2. The molecule has 24 heavy (non-hydrogen) atoms. The standard InChI is InChI=1S/C20H15IN2O/c21-18-4-1-15(2-5-18)20(24)23-12-9-17-13-16(3-6-19(17)23)14-7-10-22-11-8-14/h1-8,10-11,13H,9,12H2. The van der Waals surface area contributed by atoms with E-state index in [1.165, 1.54) is 11.1 Å². The molecule has 0 aliphatic carbocycles. The van der Waals surface area contributed by atoms with Gasteiger partial charge in [-0.05, 0) is 94.2 Å². The van der Waals surface area contributed by atoms with Gasteiger partial charge in [0.15, 0.2) is 0 Å². The molecule has 4 rings (SSSR count). The second-order valence-electron chi connectivity index (χ2n) is 5.79. The van der Waals surface area contributed by atoms with Crippen LogP contribution in [0.4, 0.5) is 5.69 Å². The van der Waals surface area contributed by atoms with Crippen LogP contribution < -0.4 is 4.90 Å². The Labute approximate surface area is 154 Å². The lowest BCUT2D eigenvalue weighted by Gasteiger charge is -2.18. The van der Waals surface area contributed by atoms with E-state index < -0.39 is 0 Å². The molecular weight excluding hydrogens is 411 g/mol. The van der Waals surface area contributed by atoms with E-state index in [0.717, 1.165) is 33.4 Å². The van der Waals surface area contributed by atoms with Crippen LogP contribution in [0.2, 0.25) is 0 Å². The van der Waals surface area contributed by atoms with Gasteiger partial charge in [0.1, 0.15) is 0 Å². The van der Waals surface area contributed by atoms with Crippen molar-refractivity contribution in [2.45, 2.75) is 6.42 Å². The first-order chi connectivity index (χ1) is 11.7. The van der Waals surface area contributed by atoms with Crippen LogP contribution in [0.25, 0.3) is 11.1 Å². The van der Waals surface area contributed by atoms with Gasteiger partial charge in [-0.25, -0.2) is 0 Å². The minimum absolute atomic E-state index is 0.0711. The van der Waals surface area contributed by atoms with Crippen LogP contribution in [0.1, 0.15) is 15.9 Å². The topological polar surface area (TPSA) is 33.2 Å². The largest absolute Gasteiger partial charge is 0.308 e. The van der Waals surface area contributed by atoms with Gasteiger partial charge in [-0.2, -0.15) is 0 Å². The monoisotopic (exact) mass is 426 g/mol. The Hall–Kier alpha value is -2.21. The summed E-state index contributed by atoms with van der Waals surface area (Å²) in [6.07, 6.45) is 4.49. The average Bonchev–Trinajstić information content (AvgIpc) is 3.05. The summed E-state index contributed by atoms with van der Waals surface area (Å²) in [4.78, 5) is 18.7. The van der Waals surface area contributed by atoms with E-state index in [4.69, 9.17) is 0 Å². The Morgan fingerprint density at radius 1 is 0.958 bits per heavy atom. The van der Waals surface area contributed by atoms with Crippen LogP contribution in [0.5, 0.6) is 0 Å². The highest BCUT2D eigenvalue weighted by molar-refractivity contribution is 14.1. The maximum atomic E-state index is 12.8. The van der Waals surface area contributed by atoms with Gasteiger partial charge in [0.05, 0.1) is 0 Å². The van der Waals surface area contributed by atoms with E-state index in [0.29, 0.717) is 0 Å². The predicted molar refractivity (Wildman–Crippen MR) is 104 cm³/mol. The van der Waals surface area contributed by atoms with Gasteiger partial charge in [0.25, 0.3) is 5.91 Å². The average molecular weight is 426 g/mol. The third-order valence-corrected chi connectivity index (χ3v) is 5.04. The van der Waals surface area contributed by atoms with Crippen LogP contribution in [0.3, 0.4) is 0 Å². The highest BCUT2D eigenvalue weighted by atomic mass is 127. The molecule has 2 aromatic carbocycles. The van der Waals surface area contributed by atoms with Crippen molar-refractivity contribution in [2.75, 3.05) is 11.4 Å². The summed E-state index contributed by atoms with van der Waals surface area (Å²) in [6.45, 7) is 0.736. The molecule has 0 spiro atoms. The van der Waals surface area contributed by atoms with Crippen molar-refractivity contribution < 1.29 is 4.79 Å². The molecule has 0 saturated heterocycles. The Bertz CT molecular complexity index is 891. The van der Waals surface area contributed by atoms with Gasteiger partial charge in [-0.1, -0.05) is 6.07 Å². The summed E-state index contributed by atoms with van der Waals surface area (Å²) in [6, 6.07) is 18.1. The molecule has 0 fully saturated rings. The van der Waals surface area contributed by atoms with Crippen molar-refractivity contribution >= 4 is 34.2 Å². The first kappa shape index (κ1) is 15.3. The zero-order valence-corrected chi connectivity index (χ0v) is 15.1. The maximum Gasteiger partial charge on any atom is 0.258 e. The van der Waals surface area contributed by atoms with E-state index >= 15 is 0 Å². The number of hydrogen-bond acceptors (Lipinski definition) is 2. The lowest BCUT2D eigenvalue weighted by atomic mass is 10.0. The van der Waals surface area contributed by atoms with Crippen molar-refractivity contribution in [3.8, 4) is 11.1 Å². The van der Waals surface area contributed by atoms with Gasteiger partial charge in [-0.3, -0.25) is 9.78 Å². The fourth-order valence-corrected chi connectivity index (χ4v) is 3.44. The molecule has 1 aliphatic heterocycles. The number of anilines is 1. The first-order valence-corrected chi connectivity index (χ1v) is 8.91. The summed E-state index contributed by atoms with van der Waals surface area (Å²) in [7, 11) is 0. The van der Waals surface area contributed by atoms with Crippen LogP contribution in [0.15, 0.2) is 67.0 Å². The first-order valence-electron chi connectivity index (χ1n) is 7.83.